The van der Waals surface area contributed by atoms with Gasteiger partial charge in [-0.15, -0.1) is 0 Å². The van der Waals surface area contributed by atoms with Crippen molar-refractivity contribution in [3.8, 4) is 22.8 Å². The van der Waals surface area contributed by atoms with Crippen LogP contribution in [0.1, 0.15) is 21.7 Å². The summed E-state index contributed by atoms with van der Waals surface area (Å²) in [4.78, 5) is 23.0. The number of ether oxygens (including phenoxy) is 2. The number of carbonyl (C=O) groups excluding carboxylic acids is 1. The molecule has 9 nitrogen and oxygen atoms in total. The molecule has 0 aliphatic heterocycles. The molecule has 0 aliphatic rings. The third-order valence-electron chi connectivity index (χ3n) is 4.29. The molecule has 154 valence electrons. The molecule has 3 rings (SSSR count). The Morgan fingerprint density at radius 2 is 1.80 bits per heavy atom. The molecule has 30 heavy (non-hydrogen) atoms. The van der Waals surface area contributed by atoms with Crippen molar-refractivity contribution in [3.05, 3.63) is 75.5 Å². The van der Waals surface area contributed by atoms with Crippen LogP contribution in [0.4, 0.5) is 5.69 Å². The maximum absolute atomic E-state index is 12.3. The Hall–Kier alpha value is -4.14. The second kappa shape index (κ2) is 8.91. The summed E-state index contributed by atoms with van der Waals surface area (Å²) in [6.45, 7) is 1.67. The van der Waals surface area contributed by atoms with Crippen molar-refractivity contribution >= 4 is 17.8 Å². The van der Waals surface area contributed by atoms with Gasteiger partial charge in [-0.25, -0.2) is 5.43 Å². The van der Waals surface area contributed by atoms with E-state index in [1.54, 1.807) is 49.4 Å². The third-order valence-corrected chi connectivity index (χ3v) is 4.29. The Kier molecular flexibility index (Phi) is 6.11. The summed E-state index contributed by atoms with van der Waals surface area (Å²) in [6, 6.07) is 12.9. The van der Waals surface area contributed by atoms with Gasteiger partial charge in [0.25, 0.3) is 11.6 Å². The number of methoxy groups -OCH3 is 2. The molecule has 0 atom stereocenters. The quantitative estimate of drug-likeness (QED) is 0.359. The summed E-state index contributed by atoms with van der Waals surface area (Å²) < 4.78 is 15.9. The number of nitro groups is 1. The highest BCUT2D eigenvalue weighted by Gasteiger charge is 2.14. The van der Waals surface area contributed by atoms with Gasteiger partial charge < -0.3 is 13.9 Å². The highest BCUT2D eigenvalue weighted by Crippen LogP contribution is 2.28. The van der Waals surface area contributed by atoms with Crippen LogP contribution < -0.4 is 14.9 Å². The zero-order valence-electron chi connectivity index (χ0n) is 16.5. The Bertz CT molecular complexity index is 1100. The molecule has 0 radical (unpaired) electrons. The summed E-state index contributed by atoms with van der Waals surface area (Å²) in [6.07, 6.45) is 1.33. The van der Waals surface area contributed by atoms with Gasteiger partial charge in [0.2, 0.25) is 0 Å². The molecule has 0 aliphatic carbocycles. The van der Waals surface area contributed by atoms with Crippen LogP contribution in [0.5, 0.6) is 11.5 Å². The first kappa shape index (κ1) is 20.6. The predicted octanol–water partition coefficient (Wildman–Crippen LogP) is 3.94. The number of rotatable bonds is 7. The number of carbonyl (C=O) groups is 1. The van der Waals surface area contributed by atoms with Crippen molar-refractivity contribution in [1.29, 1.82) is 0 Å². The lowest BCUT2D eigenvalue weighted by Gasteiger charge is -2.07. The van der Waals surface area contributed by atoms with E-state index in [9.17, 15) is 14.9 Å². The minimum Gasteiger partial charge on any atom is -0.497 e. The van der Waals surface area contributed by atoms with E-state index < -0.39 is 10.8 Å². The molecule has 3 aromatic rings. The van der Waals surface area contributed by atoms with Crippen LogP contribution in [0, 0.1) is 17.0 Å². The van der Waals surface area contributed by atoms with Crippen LogP contribution in [0.2, 0.25) is 0 Å². The van der Waals surface area contributed by atoms with E-state index in [2.05, 4.69) is 10.5 Å². The number of nitrogens with zero attached hydrogens (tertiary/aromatic N) is 2. The smallest absolute Gasteiger partial charge is 0.273 e. The second-order valence-electron chi connectivity index (χ2n) is 6.26. The molecule has 0 spiro atoms. The molecule has 0 saturated heterocycles. The average Bonchev–Trinajstić information content (AvgIpc) is 3.22. The Labute approximate surface area is 172 Å². The van der Waals surface area contributed by atoms with Crippen LogP contribution in [0.3, 0.4) is 0 Å². The lowest BCUT2D eigenvalue weighted by atomic mass is 10.1. The van der Waals surface area contributed by atoms with Gasteiger partial charge >= 0.3 is 0 Å². The van der Waals surface area contributed by atoms with Crippen molar-refractivity contribution < 1.29 is 23.6 Å². The maximum Gasteiger partial charge on any atom is 0.273 e. The van der Waals surface area contributed by atoms with Crippen molar-refractivity contribution in [1.82, 2.24) is 5.43 Å². The molecular weight excluding hydrogens is 390 g/mol. The number of aryl methyl sites for hydroxylation is 1. The third kappa shape index (κ3) is 4.64. The van der Waals surface area contributed by atoms with Crippen LogP contribution in [0.15, 0.2) is 58.0 Å². The van der Waals surface area contributed by atoms with E-state index in [0.717, 1.165) is 0 Å². The molecule has 1 N–H and O–H groups in total. The van der Waals surface area contributed by atoms with E-state index in [0.29, 0.717) is 39.7 Å². The average molecular weight is 409 g/mol. The van der Waals surface area contributed by atoms with E-state index in [1.807, 2.05) is 0 Å². The van der Waals surface area contributed by atoms with Crippen LogP contribution in [-0.4, -0.2) is 31.3 Å². The van der Waals surface area contributed by atoms with Gasteiger partial charge in [0.15, 0.2) is 0 Å². The van der Waals surface area contributed by atoms with Gasteiger partial charge in [-0.2, -0.15) is 5.10 Å². The zero-order chi connectivity index (χ0) is 21.7. The van der Waals surface area contributed by atoms with E-state index >= 15 is 0 Å². The Morgan fingerprint density at radius 1 is 1.10 bits per heavy atom. The van der Waals surface area contributed by atoms with Crippen LogP contribution in [0.25, 0.3) is 11.3 Å². The standard InChI is InChI=1S/C21H19N3O6/c1-13-4-5-14(10-19(13)24(26)27)20-7-6-16(30-20)12-22-23-21(25)15-8-17(28-2)11-18(9-15)29-3/h4-12H,1-3H3,(H,23,25)/b22-12-. The molecule has 0 saturated carbocycles. The normalized spacial score (nSPS) is 10.8. The maximum atomic E-state index is 12.3. The van der Waals surface area contributed by atoms with E-state index in [4.69, 9.17) is 13.9 Å². The molecule has 1 aromatic heterocycles. The largest absolute Gasteiger partial charge is 0.497 e. The highest BCUT2D eigenvalue weighted by atomic mass is 16.6. The molecule has 1 amide bonds. The topological polar surface area (TPSA) is 116 Å². The van der Waals surface area contributed by atoms with Gasteiger partial charge in [0.05, 0.1) is 25.4 Å². The Morgan fingerprint density at radius 3 is 2.43 bits per heavy atom. The van der Waals surface area contributed by atoms with Gasteiger partial charge in [0.1, 0.15) is 23.0 Å². The second-order valence-corrected chi connectivity index (χ2v) is 6.26. The number of hydrogen-bond acceptors (Lipinski definition) is 7. The first-order chi connectivity index (χ1) is 14.4. The molecule has 1 heterocycles. The highest BCUT2D eigenvalue weighted by molar-refractivity contribution is 5.95. The number of amides is 1. The minimum absolute atomic E-state index is 0.0140. The fourth-order valence-corrected chi connectivity index (χ4v) is 2.69. The fraction of sp³-hybridized carbons (Fsp3) is 0.143. The van der Waals surface area contributed by atoms with Crippen molar-refractivity contribution in [2.75, 3.05) is 14.2 Å². The Balaban J connectivity index is 1.71. The van der Waals surface area contributed by atoms with Crippen LogP contribution >= 0.6 is 0 Å². The molecule has 2 aromatic carbocycles. The molecule has 9 heteroatoms. The van der Waals surface area contributed by atoms with Crippen LogP contribution in [-0.2, 0) is 0 Å². The first-order valence-corrected chi connectivity index (χ1v) is 8.83. The fourth-order valence-electron chi connectivity index (χ4n) is 2.69. The first-order valence-electron chi connectivity index (χ1n) is 8.83. The summed E-state index contributed by atoms with van der Waals surface area (Å²) >= 11 is 0. The summed E-state index contributed by atoms with van der Waals surface area (Å²) in [5, 5.41) is 15.0. The molecule has 0 bridgehead atoms. The minimum atomic E-state index is -0.454. The summed E-state index contributed by atoms with van der Waals surface area (Å²) in [5.41, 5.74) is 3.86. The van der Waals surface area contributed by atoms with Gasteiger partial charge in [-0.05, 0) is 31.2 Å². The molecule has 0 fully saturated rings. The number of furan rings is 1. The van der Waals surface area contributed by atoms with Crippen molar-refractivity contribution in [3.63, 3.8) is 0 Å². The van der Waals surface area contributed by atoms with Gasteiger partial charge in [-0.3, -0.25) is 14.9 Å². The lowest BCUT2D eigenvalue weighted by molar-refractivity contribution is -0.385. The van der Waals surface area contributed by atoms with E-state index in [1.165, 1.54) is 26.5 Å². The number of hydrazone groups is 1. The monoisotopic (exact) mass is 409 g/mol. The van der Waals surface area contributed by atoms with Gasteiger partial charge in [-0.1, -0.05) is 12.1 Å². The molecule has 0 unspecified atom stereocenters. The van der Waals surface area contributed by atoms with E-state index in [-0.39, 0.29) is 5.69 Å². The van der Waals surface area contributed by atoms with Crippen molar-refractivity contribution in [2.45, 2.75) is 6.92 Å². The number of hydrogen-bond donors (Lipinski definition) is 1. The lowest BCUT2D eigenvalue weighted by Crippen LogP contribution is -2.17. The summed E-state index contributed by atoms with van der Waals surface area (Å²) in [7, 11) is 2.98. The van der Waals surface area contributed by atoms with Crippen molar-refractivity contribution in [2.24, 2.45) is 5.10 Å². The number of nitro benzene ring substituents is 1. The molecular formula is C21H19N3O6. The number of benzene rings is 2. The zero-order valence-corrected chi connectivity index (χ0v) is 16.5. The SMILES string of the molecule is COc1cc(OC)cc(C(=O)N/N=C\c2ccc(-c3ccc(C)c([N+](=O)[O-])c3)o2)c1. The number of nitrogens with one attached hydrogen (secondary N) is 1. The summed E-state index contributed by atoms with van der Waals surface area (Å²) in [5.74, 6) is 1.32. The van der Waals surface area contributed by atoms with Gasteiger partial charge in [0, 0.05) is 28.8 Å². The predicted molar refractivity (Wildman–Crippen MR) is 110 cm³/mol.